The SMILES string of the molecule is CC(=NNC(=O)c1cccc(Cn2nc(C)cc2C)c1)c1ccc2ccccc2c1. The Kier molecular flexibility index (Phi) is 5.44. The Morgan fingerprint density at radius 3 is 2.50 bits per heavy atom. The highest BCUT2D eigenvalue weighted by atomic mass is 16.2. The molecular weight excluding hydrogens is 372 g/mol. The van der Waals surface area contributed by atoms with E-state index in [2.05, 4.69) is 39.9 Å². The first-order valence-corrected chi connectivity index (χ1v) is 9.93. The number of hydrazone groups is 1. The van der Waals surface area contributed by atoms with Gasteiger partial charge in [-0.25, -0.2) is 5.43 Å². The summed E-state index contributed by atoms with van der Waals surface area (Å²) in [4.78, 5) is 12.6. The van der Waals surface area contributed by atoms with E-state index in [4.69, 9.17) is 0 Å². The van der Waals surface area contributed by atoms with E-state index in [1.807, 2.05) is 67.9 Å². The molecule has 0 radical (unpaired) electrons. The van der Waals surface area contributed by atoms with Crippen molar-refractivity contribution in [2.75, 3.05) is 0 Å². The second kappa shape index (κ2) is 8.33. The van der Waals surface area contributed by atoms with Gasteiger partial charge in [-0.2, -0.15) is 10.2 Å². The van der Waals surface area contributed by atoms with Crippen LogP contribution < -0.4 is 5.43 Å². The number of nitrogens with one attached hydrogen (secondary N) is 1. The second-order valence-electron chi connectivity index (χ2n) is 7.49. The zero-order valence-corrected chi connectivity index (χ0v) is 17.4. The molecule has 1 heterocycles. The summed E-state index contributed by atoms with van der Waals surface area (Å²) < 4.78 is 1.94. The van der Waals surface area contributed by atoms with Gasteiger partial charge in [0.2, 0.25) is 0 Å². The fourth-order valence-electron chi connectivity index (χ4n) is 3.50. The Balaban J connectivity index is 1.48. The van der Waals surface area contributed by atoms with Gasteiger partial charge in [0.25, 0.3) is 5.91 Å². The van der Waals surface area contributed by atoms with Crippen molar-refractivity contribution in [1.82, 2.24) is 15.2 Å². The number of aryl methyl sites for hydroxylation is 2. The fourth-order valence-corrected chi connectivity index (χ4v) is 3.50. The van der Waals surface area contributed by atoms with Crippen molar-refractivity contribution >= 4 is 22.4 Å². The van der Waals surface area contributed by atoms with E-state index in [9.17, 15) is 4.79 Å². The van der Waals surface area contributed by atoms with E-state index in [1.54, 1.807) is 6.07 Å². The lowest BCUT2D eigenvalue weighted by Gasteiger charge is -2.08. The lowest BCUT2D eigenvalue weighted by molar-refractivity contribution is 0.0954. The number of fused-ring (bicyclic) bond motifs is 1. The molecule has 5 nitrogen and oxygen atoms in total. The Morgan fingerprint density at radius 2 is 1.73 bits per heavy atom. The maximum absolute atomic E-state index is 12.6. The van der Waals surface area contributed by atoms with Crippen molar-refractivity contribution in [2.24, 2.45) is 5.10 Å². The molecule has 0 aliphatic rings. The molecule has 0 bridgehead atoms. The summed E-state index contributed by atoms with van der Waals surface area (Å²) in [5.41, 5.74) is 8.09. The minimum Gasteiger partial charge on any atom is -0.267 e. The summed E-state index contributed by atoms with van der Waals surface area (Å²) in [6.07, 6.45) is 0. The van der Waals surface area contributed by atoms with Crippen molar-refractivity contribution in [1.29, 1.82) is 0 Å². The lowest BCUT2D eigenvalue weighted by Crippen LogP contribution is -2.19. The average molecular weight is 396 g/mol. The van der Waals surface area contributed by atoms with E-state index in [0.717, 1.165) is 33.6 Å². The summed E-state index contributed by atoms with van der Waals surface area (Å²) in [5, 5.41) is 11.1. The van der Waals surface area contributed by atoms with Crippen molar-refractivity contribution in [3.05, 3.63) is 101 Å². The smallest absolute Gasteiger partial charge is 0.267 e. The number of carbonyl (C=O) groups is 1. The number of amides is 1. The van der Waals surface area contributed by atoms with Gasteiger partial charge in [-0.15, -0.1) is 0 Å². The number of hydrogen-bond acceptors (Lipinski definition) is 3. The maximum atomic E-state index is 12.6. The average Bonchev–Trinajstić information content (AvgIpc) is 3.08. The quantitative estimate of drug-likeness (QED) is 0.387. The molecule has 4 aromatic rings. The van der Waals surface area contributed by atoms with E-state index >= 15 is 0 Å². The molecular formula is C25H24N4O. The van der Waals surface area contributed by atoms with Gasteiger partial charge in [0.1, 0.15) is 0 Å². The largest absolute Gasteiger partial charge is 0.271 e. The highest BCUT2D eigenvalue weighted by Gasteiger charge is 2.08. The molecule has 0 aliphatic carbocycles. The van der Waals surface area contributed by atoms with Gasteiger partial charge in [-0.1, -0.05) is 48.5 Å². The van der Waals surface area contributed by atoms with Gasteiger partial charge in [-0.05, 0) is 66.9 Å². The molecule has 1 amide bonds. The van der Waals surface area contributed by atoms with Gasteiger partial charge < -0.3 is 0 Å². The van der Waals surface area contributed by atoms with Crippen molar-refractivity contribution in [3.63, 3.8) is 0 Å². The summed E-state index contributed by atoms with van der Waals surface area (Å²) in [6.45, 7) is 6.52. The van der Waals surface area contributed by atoms with E-state index in [1.165, 1.54) is 5.39 Å². The summed E-state index contributed by atoms with van der Waals surface area (Å²) in [5.74, 6) is -0.231. The Bertz CT molecular complexity index is 1250. The highest BCUT2D eigenvalue weighted by molar-refractivity contribution is 6.03. The molecule has 30 heavy (non-hydrogen) atoms. The number of aromatic nitrogens is 2. The molecule has 0 saturated carbocycles. The van der Waals surface area contributed by atoms with Crippen LogP contribution in [0, 0.1) is 13.8 Å². The molecule has 1 N–H and O–H groups in total. The zero-order chi connectivity index (χ0) is 21.1. The topological polar surface area (TPSA) is 59.3 Å². The van der Waals surface area contributed by atoms with Crippen LogP contribution in [0.15, 0.2) is 77.9 Å². The highest BCUT2D eigenvalue weighted by Crippen LogP contribution is 2.16. The Hall–Kier alpha value is -3.73. The second-order valence-corrected chi connectivity index (χ2v) is 7.49. The first-order chi connectivity index (χ1) is 14.5. The van der Waals surface area contributed by atoms with Crippen LogP contribution in [0.25, 0.3) is 10.8 Å². The molecule has 0 spiro atoms. The van der Waals surface area contributed by atoms with Crippen LogP contribution in [0.2, 0.25) is 0 Å². The lowest BCUT2D eigenvalue weighted by atomic mass is 10.0. The molecule has 0 saturated heterocycles. The molecule has 5 heteroatoms. The monoisotopic (exact) mass is 396 g/mol. The molecule has 3 aromatic carbocycles. The summed E-state index contributed by atoms with van der Waals surface area (Å²) in [7, 11) is 0. The fraction of sp³-hybridized carbons (Fsp3) is 0.160. The van der Waals surface area contributed by atoms with Crippen LogP contribution in [-0.2, 0) is 6.54 Å². The van der Waals surface area contributed by atoms with Gasteiger partial charge in [0, 0.05) is 11.3 Å². The van der Waals surface area contributed by atoms with Gasteiger partial charge >= 0.3 is 0 Å². The number of nitrogens with zero attached hydrogens (tertiary/aromatic N) is 3. The standard InChI is InChI=1S/C25H24N4O/c1-17-13-18(2)29(28-17)16-20-7-6-10-24(14-20)25(30)27-26-19(3)22-12-11-21-8-4-5-9-23(21)15-22/h4-15H,16H2,1-3H3,(H,27,30). The molecule has 4 rings (SSSR count). The molecule has 150 valence electrons. The van der Waals surface area contributed by atoms with Crippen LogP contribution in [0.5, 0.6) is 0 Å². The Labute approximate surface area is 176 Å². The zero-order valence-electron chi connectivity index (χ0n) is 17.4. The molecule has 0 aliphatic heterocycles. The first-order valence-electron chi connectivity index (χ1n) is 9.93. The maximum Gasteiger partial charge on any atom is 0.271 e. The van der Waals surface area contributed by atoms with Gasteiger partial charge in [0.05, 0.1) is 18.0 Å². The third-order valence-corrected chi connectivity index (χ3v) is 5.12. The third kappa shape index (κ3) is 4.30. The third-order valence-electron chi connectivity index (χ3n) is 5.12. The number of carbonyl (C=O) groups excluding carboxylic acids is 1. The number of rotatable bonds is 5. The van der Waals surface area contributed by atoms with Gasteiger partial charge in [0.15, 0.2) is 0 Å². The van der Waals surface area contributed by atoms with E-state index in [0.29, 0.717) is 12.1 Å². The predicted molar refractivity (Wildman–Crippen MR) is 121 cm³/mol. The minimum absolute atomic E-state index is 0.231. The van der Waals surface area contributed by atoms with Crippen molar-refractivity contribution in [3.8, 4) is 0 Å². The van der Waals surface area contributed by atoms with Crippen molar-refractivity contribution in [2.45, 2.75) is 27.3 Å². The van der Waals surface area contributed by atoms with Crippen LogP contribution in [0.3, 0.4) is 0 Å². The van der Waals surface area contributed by atoms with Crippen LogP contribution in [0.4, 0.5) is 0 Å². The van der Waals surface area contributed by atoms with E-state index < -0.39 is 0 Å². The molecule has 0 unspecified atom stereocenters. The molecule has 0 atom stereocenters. The predicted octanol–water partition coefficient (Wildman–Crippen LogP) is 4.86. The minimum atomic E-state index is -0.231. The van der Waals surface area contributed by atoms with Crippen molar-refractivity contribution < 1.29 is 4.79 Å². The van der Waals surface area contributed by atoms with Crippen LogP contribution >= 0.6 is 0 Å². The van der Waals surface area contributed by atoms with Gasteiger partial charge in [-0.3, -0.25) is 9.48 Å². The molecule has 0 fully saturated rings. The van der Waals surface area contributed by atoms with Crippen LogP contribution in [0.1, 0.15) is 39.8 Å². The van der Waals surface area contributed by atoms with E-state index in [-0.39, 0.29) is 5.91 Å². The number of benzene rings is 3. The normalized spacial score (nSPS) is 11.6. The number of hydrogen-bond donors (Lipinski definition) is 1. The van der Waals surface area contributed by atoms with Crippen LogP contribution in [-0.4, -0.2) is 21.4 Å². The molecule has 1 aromatic heterocycles. The summed E-state index contributed by atoms with van der Waals surface area (Å²) in [6, 6.07) is 23.9. The Morgan fingerprint density at radius 1 is 0.933 bits per heavy atom. The summed E-state index contributed by atoms with van der Waals surface area (Å²) >= 11 is 0. The first kappa shape index (κ1) is 19.6.